The van der Waals surface area contributed by atoms with Gasteiger partial charge < -0.3 is 9.47 Å². The summed E-state index contributed by atoms with van der Waals surface area (Å²) in [6.07, 6.45) is -0.330. The molecule has 3 aromatic rings. The molecule has 0 N–H and O–H groups in total. The van der Waals surface area contributed by atoms with Gasteiger partial charge in [0, 0.05) is 18.0 Å². The first-order chi connectivity index (χ1) is 15.6. The molecule has 1 amide bonds. The van der Waals surface area contributed by atoms with Crippen LogP contribution in [-0.4, -0.2) is 45.5 Å². The Morgan fingerprint density at radius 1 is 1.21 bits per heavy atom. The van der Waals surface area contributed by atoms with Crippen molar-refractivity contribution in [3.05, 3.63) is 47.5 Å². The predicted octanol–water partition coefficient (Wildman–Crippen LogP) is 4.34. The van der Waals surface area contributed by atoms with E-state index in [-0.39, 0.29) is 11.6 Å². The lowest BCUT2D eigenvalue weighted by Gasteiger charge is -2.19. The Morgan fingerprint density at radius 2 is 1.97 bits per heavy atom. The van der Waals surface area contributed by atoms with E-state index in [4.69, 9.17) is 14.5 Å². The number of halogens is 3. The van der Waals surface area contributed by atoms with Crippen LogP contribution in [0.3, 0.4) is 0 Å². The number of amides is 1. The molecule has 1 unspecified atom stereocenters. The molecule has 3 aromatic heterocycles. The molecule has 8 nitrogen and oxygen atoms in total. The second-order valence-corrected chi connectivity index (χ2v) is 7.61. The number of ether oxygens (including phenoxy) is 2. The number of pyridine rings is 2. The number of nitrogens with zero attached hydrogens (tertiary/aromatic N) is 5. The van der Waals surface area contributed by atoms with Crippen LogP contribution in [0.2, 0.25) is 0 Å². The topological polar surface area (TPSA) is 82.4 Å². The summed E-state index contributed by atoms with van der Waals surface area (Å²) in [5.74, 6) is 0.493. The van der Waals surface area contributed by atoms with Gasteiger partial charge in [-0.05, 0) is 38.5 Å². The number of alkyl halides is 3. The van der Waals surface area contributed by atoms with Gasteiger partial charge >= 0.3 is 6.18 Å². The van der Waals surface area contributed by atoms with Crippen molar-refractivity contribution in [2.45, 2.75) is 39.5 Å². The Kier molecular flexibility index (Phi) is 5.73. The van der Waals surface area contributed by atoms with E-state index in [9.17, 15) is 18.0 Å². The Balaban J connectivity index is 1.70. The molecule has 0 bridgehead atoms. The molecule has 0 saturated heterocycles. The van der Waals surface area contributed by atoms with E-state index >= 15 is 0 Å². The van der Waals surface area contributed by atoms with Gasteiger partial charge in [-0.1, -0.05) is 0 Å². The van der Waals surface area contributed by atoms with Crippen molar-refractivity contribution in [1.82, 2.24) is 19.7 Å². The fourth-order valence-corrected chi connectivity index (χ4v) is 3.90. The summed E-state index contributed by atoms with van der Waals surface area (Å²) >= 11 is 0. The molecule has 4 rings (SSSR count). The summed E-state index contributed by atoms with van der Waals surface area (Å²) in [6.45, 7) is 4.62. The highest BCUT2D eigenvalue weighted by molar-refractivity contribution is 6.11. The predicted molar refractivity (Wildman–Crippen MR) is 113 cm³/mol. The number of carbonyl (C=O) groups is 1. The third-order valence-corrected chi connectivity index (χ3v) is 5.31. The van der Waals surface area contributed by atoms with Gasteiger partial charge in [-0.2, -0.15) is 18.3 Å². The van der Waals surface area contributed by atoms with Crippen LogP contribution in [0.15, 0.2) is 30.7 Å². The fraction of sp³-hybridized carbons (Fsp3) is 0.364. The lowest BCUT2D eigenvalue weighted by Crippen LogP contribution is -2.26. The normalized spacial score (nSPS) is 15.7. The molecule has 0 radical (unpaired) electrons. The first kappa shape index (κ1) is 22.6. The van der Waals surface area contributed by atoms with Crippen molar-refractivity contribution < 1.29 is 27.4 Å². The number of aryl methyl sites for hydroxylation is 1. The van der Waals surface area contributed by atoms with E-state index in [0.717, 1.165) is 4.68 Å². The van der Waals surface area contributed by atoms with Gasteiger partial charge in [0.25, 0.3) is 11.8 Å². The number of carbonyl (C=O) groups excluding carboxylic acids is 1. The van der Waals surface area contributed by atoms with Gasteiger partial charge in [0.2, 0.25) is 0 Å². The maximum atomic E-state index is 13.2. The second kappa shape index (κ2) is 8.38. The molecule has 0 fully saturated rings. The second-order valence-electron chi connectivity index (χ2n) is 7.61. The van der Waals surface area contributed by atoms with Crippen molar-refractivity contribution >= 4 is 11.6 Å². The summed E-state index contributed by atoms with van der Waals surface area (Å²) < 4.78 is 49.7. The van der Waals surface area contributed by atoms with Crippen LogP contribution in [0.4, 0.5) is 18.9 Å². The quantitative estimate of drug-likeness (QED) is 0.543. The van der Waals surface area contributed by atoms with Crippen molar-refractivity contribution in [1.29, 1.82) is 0 Å². The third kappa shape index (κ3) is 4.22. The molecule has 11 heteroatoms. The van der Waals surface area contributed by atoms with Crippen LogP contribution in [-0.2, 0) is 6.54 Å². The number of hydrogen-bond acceptors (Lipinski definition) is 6. The summed E-state index contributed by atoms with van der Waals surface area (Å²) in [4.78, 5) is 23.6. The van der Waals surface area contributed by atoms with Crippen LogP contribution >= 0.6 is 0 Å². The molecule has 174 valence electrons. The number of methoxy groups -OCH3 is 1. The number of anilines is 1. The molecule has 33 heavy (non-hydrogen) atoms. The number of fused-ring (bicyclic) bond motifs is 1. The van der Waals surface area contributed by atoms with Crippen molar-refractivity contribution in [2.24, 2.45) is 0 Å². The number of rotatable bonds is 6. The minimum absolute atomic E-state index is 0.278. The maximum absolute atomic E-state index is 13.2. The van der Waals surface area contributed by atoms with E-state index in [1.807, 2.05) is 6.92 Å². The first-order valence-corrected chi connectivity index (χ1v) is 10.2. The highest BCUT2D eigenvalue weighted by atomic mass is 19.4. The van der Waals surface area contributed by atoms with Crippen molar-refractivity contribution in [2.75, 3.05) is 18.6 Å². The van der Waals surface area contributed by atoms with Crippen LogP contribution < -0.4 is 14.4 Å². The standard InChI is InChI=1S/C22H22F3N5O3/c1-5-33-20-17(32-4)7-14(8-26-20)16-6-12(2)18-19(28-16)13(3)30(21(18)31)15-9-27-29(10-15)11-22(23,24)25/h6-10,13H,5,11H2,1-4H3. The zero-order valence-electron chi connectivity index (χ0n) is 18.5. The van der Waals surface area contributed by atoms with E-state index in [0.29, 0.717) is 46.3 Å². The summed E-state index contributed by atoms with van der Waals surface area (Å²) in [7, 11) is 1.52. The molecule has 1 aliphatic heterocycles. The van der Waals surface area contributed by atoms with Crippen LogP contribution in [0.1, 0.15) is 41.5 Å². The average Bonchev–Trinajstić information content (AvgIpc) is 3.29. The SMILES string of the molecule is CCOc1ncc(-c2cc(C)c3c(n2)C(C)N(c2cnn(CC(F)(F)F)c2)C3=O)cc1OC. The highest BCUT2D eigenvalue weighted by Gasteiger charge is 2.39. The van der Waals surface area contributed by atoms with Crippen molar-refractivity contribution in [3.8, 4) is 22.9 Å². The molecule has 1 atom stereocenters. The zero-order chi connectivity index (χ0) is 23.9. The molecule has 0 aliphatic carbocycles. The van der Waals surface area contributed by atoms with Gasteiger partial charge in [-0.15, -0.1) is 0 Å². The lowest BCUT2D eigenvalue weighted by molar-refractivity contribution is -0.142. The van der Waals surface area contributed by atoms with Gasteiger partial charge in [0.05, 0.1) is 48.6 Å². The molecular formula is C22H22F3N5O3. The fourth-order valence-electron chi connectivity index (χ4n) is 3.90. The number of hydrogen-bond donors (Lipinski definition) is 0. The maximum Gasteiger partial charge on any atom is 0.408 e. The molecule has 1 aliphatic rings. The Hall–Kier alpha value is -3.63. The Labute approximate surface area is 188 Å². The summed E-state index contributed by atoms with van der Waals surface area (Å²) in [5.41, 5.74) is 3.21. The van der Waals surface area contributed by atoms with E-state index in [2.05, 4.69) is 10.1 Å². The molecule has 0 aromatic carbocycles. The third-order valence-electron chi connectivity index (χ3n) is 5.31. The van der Waals surface area contributed by atoms with Gasteiger partial charge in [0.15, 0.2) is 5.75 Å². The minimum Gasteiger partial charge on any atom is -0.491 e. The van der Waals surface area contributed by atoms with E-state index in [1.165, 1.54) is 24.4 Å². The minimum atomic E-state index is -4.41. The molecular weight excluding hydrogens is 439 g/mol. The van der Waals surface area contributed by atoms with Crippen LogP contribution in [0.25, 0.3) is 11.3 Å². The lowest BCUT2D eigenvalue weighted by atomic mass is 10.0. The van der Waals surface area contributed by atoms with Gasteiger partial charge in [0.1, 0.15) is 6.54 Å². The van der Waals surface area contributed by atoms with Crippen LogP contribution in [0, 0.1) is 6.92 Å². The monoisotopic (exact) mass is 461 g/mol. The largest absolute Gasteiger partial charge is 0.491 e. The molecule has 4 heterocycles. The smallest absolute Gasteiger partial charge is 0.408 e. The molecule has 0 spiro atoms. The average molecular weight is 461 g/mol. The van der Waals surface area contributed by atoms with E-state index < -0.39 is 18.8 Å². The first-order valence-electron chi connectivity index (χ1n) is 10.2. The van der Waals surface area contributed by atoms with Crippen LogP contribution in [0.5, 0.6) is 11.6 Å². The van der Waals surface area contributed by atoms with Gasteiger partial charge in [-0.25, -0.2) is 9.97 Å². The summed E-state index contributed by atoms with van der Waals surface area (Å²) in [6, 6.07) is 3.04. The number of aromatic nitrogens is 4. The summed E-state index contributed by atoms with van der Waals surface area (Å²) in [5, 5.41) is 3.76. The zero-order valence-corrected chi connectivity index (χ0v) is 18.5. The highest BCUT2D eigenvalue weighted by Crippen LogP contribution is 2.39. The van der Waals surface area contributed by atoms with Crippen molar-refractivity contribution in [3.63, 3.8) is 0 Å². The Morgan fingerprint density at radius 3 is 2.64 bits per heavy atom. The Bertz CT molecular complexity index is 1210. The molecule has 0 saturated carbocycles. The van der Waals surface area contributed by atoms with E-state index in [1.54, 1.807) is 32.2 Å². The van der Waals surface area contributed by atoms with Gasteiger partial charge in [-0.3, -0.25) is 14.4 Å².